The Bertz CT molecular complexity index is 434. The molecule has 1 saturated heterocycles. The van der Waals surface area contributed by atoms with Gasteiger partial charge in [-0.3, -0.25) is 10.1 Å². The van der Waals surface area contributed by atoms with Crippen LogP contribution in [0.4, 0.5) is 0 Å². The Hall–Kier alpha value is -1.47. The van der Waals surface area contributed by atoms with E-state index in [0.717, 1.165) is 19.5 Å². The first-order valence-electron chi connectivity index (χ1n) is 6.53. The van der Waals surface area contributed by atoms with Crippen LogP contribution >= 0.6 is 0 Å². The second-order valence-corrected chi connectivity index (χ2v) is 5.63. The Balaban J connectivity index is 2.24. The molecule has 0 bridgehead atoms. The van der Waals surface area contributed by atoms with Crippen molar-refractivity contribution >= 4 is 5.84 Å². The average Bonchev–Trinajstić information content (AvgIpc) is 2.77. The predicted octanol–water partition coefficient (Wildman–Crippen LogP) is -0.0560. The molecule has 2 rings (SSSR count). The number of likely N-dealkylation sites (tertiary alicyclic amines) is 1. The zero-order valence-corrected chi connectivity index (χ0v) is 11.3. The van der Waals surface area contributed by atoms with Crippen molar-refractivity contribution in [2.75, 3.05) is 13.1 Å². The van der Waals surface area contributed by atoms with Crippen molar-refractivity contribution in [2.24, 2.45) is 22.4 Å². The molecule has 7 nitrogen and oxygen atoms in total. The van der Waals surface area contributed by atoms with E-state index in [9.17, 15) is 10.1 Å². The average molecular weight is 267 g/mol. The second kappa shape index (κ2) is 4.90. The smallest absolute Gasteiger partial charge is 0.290 e. The van der Waals surface area contributed by atoms with Gasteiger partial charge in [-0.15, -0.1) is 0 Å². The van der Waals surface area contributed by atoms with Crippen molar-refractivity contribution in [1.82, 2.24) is 4.90 Å². The van der Waals surface area contributed by atoms with Crippen LogP contribution in [0.1, 0.15) is 20.3 Å². The molecule has 4 N–H and O–H groups in total. The molecule has 3 atom stereocenters. The third-order valence-electron chi connectivity index (χ3n) is 4.21. The molecule has 2 aliphatic rings. The van der Waals surface area contributed by atoms with E-state index in [0.29, 0.717) is 6.04 Å². The maximum atomic E-state index is 11.3. The first-order valence-corrected chi connectivity index (χ1v) is 6.53. The van der Waals surface area contributed by atoms with E-state index in [1.165, 1.54) is 6.20 Å². The first kappa shape index (κ1) is 14.0. The van der Waals surface area contributed by atoms with Gasteiger partial charge in [0.05, 0.1) is 0 Å². The minimum atomic E-state index is -1.13. The van der Waals surface area contributed by atoms with E-state index in [1.807, 2.05) is 0 Å². The molecule has 0 radical (unpaired) electrons. The molecule has 0 aromatic carbocycles. The van der Waals surface area contributed by atoms with Crippen molar-refractivity contribution in [2.45, 2.75) is 37.9 Å². The largest absolute Gasteiger partial charge is 0.381 e. The molecular formula is C12H21N5O2. The molecule has 1 fully saturated rings. The van der Waals surface area contributed by atoms with Crippen LogP contribution in [0.2, 0.25) is 0 Å². The number of nitrogens with zero attached hydrogens (tertiary/aromatic N) is 3. The fourth-order valence-electron chi connectivity index (χ4n) is 2.98. The standard InChI is InChI=1S/C12H21N5O2/c1-8(2)16-6-3-9(7-16)12(14)4-5-15-11(13)10(12)17(18)19/h4-5,8-10H,3,6-7,14H2,1-2H3,(H2,13,15)/t9-,10?,12?/m0/s1. The monoisotopic (exact) mass is 267 g/mol. The van der Waals surface area contributed by atoms with Crippen LogP contribution < -0.4 is 11.5 Å². The van der Waals surface area contributed by atoms with Gasteiger partial charge in [-0.05, 0) is 32.9 Å². The van der Waals surface area contributed by atoms with Crippen molar-refractivity contribution in [3.05, 3.63) is 22.4 Å². The minimum absolute atomic E-state index is 0.00185. The van der Waals surface area contributed by atoms with Crippen LogP contribution in [0.3, 0.4) is 0 Å². The van der Waals surface area contributed by atoms with Crippen LogP contribution in [-0.2, 0) is 0 Å². The molecule has 2 heterocycles. The van der Waals surface area contributed by atoms with Gasteiger partial charge < -0.3 is 16.4 Å². The van der Waals surface area contributed by atoms with Crippen LogP contribution in [0.25, 0.3) is 0 Å². The van der Waals surface area contributed by atoms with Crippen LogP contribution in [-0.4, -0.2) is 46.4 Å². The predicted molar refractivity (Wildman–Crippen MR) is 73.3 cm³/mol. The zero-order valence-electron chi connectivity index (χ0n) is 11.3. The summed E-state index contributed by atoms with van der Waals surface area (Å²) in [6.07, 6.45) is 3.98. The number of aliphatic imine (C=N–C) groups is 1. The van der Waals surface area contributed by atoms with E-state index in [4.69, 9.17) is 11.5 Å². The zero-order chi connectivity index (χ0) is 14.2. The summed E-state index contributed by atoms with van der Waals surface area (Å²) in [5.74, 6) is 0.0218. The lowest BCUT2D eigenvalue weighted by atomic mass is 9.76. The Kier molecular flexibility index (Phi) is 3.60. The lowest BCUT2D eigenvalue weighted by Gasteiger charge is -2.35. The van der Waals surface area contributed by atoms with E-state index >= 15 is 0 Å². The summed E-state index contributed by atoms with van der Waals surface area (Å²) in [7, 11) is 0. The van der Waals surface area contributed by atoms with Crippen molar-refractivity contribution < 1.29 is 4.92 Å². The van der Waals surface area contributed by atoms with E-state index in [2.05, 4.69) is 23.7 Å². The number of rotatable bonds is 3. The molecular weight excluding hydrogens is 246 g/mol. The van der Waals surface area contributed by atoms with Gasteiger partial charge in [0, 0.05) is 29.6 Å². The molecule has 0 amide bonds. The summed E-state index contributed by atoms with van der Waals surface area (Å²) in [6.45, 7) is 5.90. The Labute approximate surface area is 112 Å². The number of amidine groups is 1. The first-order chi connectivity index (χ1) is 8.86. The molecule has 7 heteroatoms. The molecule has 0 aromatic rings. The summed E-state index contributed by atoms with van der Waals surface area (Å²) in [5, 5.41) is 11.3. The highest BCUT2D eigenvalue weighted by Crippen LogP contribution is 2.33. The number of nitrogens with two attached hydrogens (primary N) is 2. The van der Waals surface area contributed by atoms with Crippen molar-refractivity contribution in [3.63, 3.8) is 0 Å². The van der Waals surface area contributed by atoms with Gasteiger partial charge in [-0.2, -0.15) is 0 Å². The summed E-state index contributed by atoms with van der Waals surface area (Å²) in [6, 6.07) is -0.712. The number of nitro groups is 1. The van der Waals surface area contributed by atoms with E-state index < -0.39 is 16.5 Å². The summed E-state index contributed by atoms with van der Waals surface area (Å²) in [4.78, 5) is 17.0. The number of hydrogen-bond donors (Lipinski definition) is 2. The molecule has 0 saturated carbocycles. The SMILES string of the molecule is CC(C)N1CC[C@H](C2(N)C=CN=C(N)C2[N+](=O)[O-])C1. The fraction of sp³-hybridized carbons (Fsp3) is 0.750. The third kappa shape index (κ3) is 2.35. The lowest BCUT2D eigenvalue weighted by molar-refractivity contribution is -0.513. The van der Waals surface area contributed by atoms with Gasteiger partial charge in [-0.25, -0.2) is 4.99 Å². The normalized spacial score (nSPS) is 35.7. The molecule has 19 heavy (non-hydrogen) atoms. The molecule has 0 aliphatic carbocycles. The van der Waals surface area contributed by atoms with Gasteiger partial charge in [0.2, 0.25) is 0 Å². The Morgan fingerprint density at radius 1 is 1.63 bits per heavy atom. The topological polar surface area (TPSA) is 111 Å². The minimum Gasteiger partial charge on any atom is -0.381 e. The molecule has 2 unspecified atom stereocenters. The van der Waals surface area contributed by atoms with Gasteiger partial charge in [0.1, 0.15) is 5.54 Å². The highest BCUT2D eigenvalue weighted by atomic mass is 16.6. The van der Waals surface area contributed by atoms with Crippen molar-refractivity contribution in [3.8, 4) is 0 Å². The highest BCUT2D eigenvalue weighted by Gasteiger charge is 2.53. The third-order valence-corrected chi connectivity index (χ3v) is 4.21. The van der Waals surface area contributed by atoms with Gasteiger partial charge >= 0.3 is 0 Å². The van der Waals surface area contributed by atoms with Crippen molar-refractivity contribution in [1.29, 1.82) is 0 Å². The maximum Gasteiger partial charge on any atom is 0.290 e. The summed E-state index contributed by atoms with van der Waals surface area (Å²) < 4.78 is 0. The second-order valence-electron chi connectivity index (χ2n) is 5.63. The van der Waals surface area contributed by atoms with E-state index in [1.54, 1.807) is 6.08 Å². The quantitative estimate of drug-likeness (QED) is 0.550. The van der Waals surface area contributed by atoms with Crippen LogP contribution in [0.15, 0.2) is 17.3 Å². The van der Waals surface area contributed by atoms with Crippen LogP contribution in [0, 0.1) is 16.0 Å². The molecule has 2 aliphatic heterocycles. The number of hydrogen-bond acceptors (Lipinski definition) is 6. The lowest BCUT2D eigenvalue weighted by Crippen LogP contribution is -2.64. The Morgan fingerprint density at radius 2 is 2.32 bits per heavy atom. The van der Waals surface area contributed by atoms with Gasteiger partial charge in [0.25, 0.3) is 6.04 Å². The van der Waals surface area contributed by atoms with Gasteiger partial charge in [0.15, 0.2) is 5.84 Å². The van der Waals surface area contributed by atoms with E-state index in [-0.39, 0.29) is 11.8 Å². The summed E-state index contributed by atoms with van der Waals surface area (Å²) >= 11 is 0. The van der Waals surface area contributed by atoms with Crippen LogP contribution in [0.5, 0.6) is 0 Å². The molecule has 0 spiro atoms. The maximum absolute atomic E-state index is 11.3. The fourth-order valence-corrected chi connectivity index (χ4v) is 2.98. The molecule has 0 aromatic heterocycles. The molecule has 106 valence electrons. The Morgan fingerprint density at radius 3 is 2.84 bits per heavy atom. The van der Waals surface area contributed by atoms with Gasteiger partial charge in [-0.1, -0.05) is 0 Å². The highest BCUT2D eigenvalue weighted by molar-refractivity contribution is 5.88. The summed E-state index contributed by atoms with van der Waals surface area (Å²) in [5.41, 5.74) is 11.0.